The summed E-state index contributed by atoms with van der Waals surface area (Å²) in [7, 11) is 0. The van der Waals surface area contributed by atoms with Crippen molar-refractivity contribution in [2.24, 2.45) is 5.92 Å². The second-order valence-electron chi connectivity index (χ2n) is 6.93. The summed E-state index contributed by atoms with van der Waals surface area (Å²) in [5.41, 5.74) is -0.310. The molecule has 3 aliphatic rings. The van der Waals surface area contributed by atoms with Gasteiger partial charge in [-0.1, -0.05) is 0 Å². The van der Waals surface area contributed by atoms with E-state index < -0.39 is 0 Å². The van der Waals surface area contributed by atoms with Crippen molar-refractivity contribution in [3.05, 3.63) is 27.9 Å². The molecule has 0 aromatic carbocycles. The minimum atomic E-state index is -0.386. The van der Waals surface area contributed by atoms with E-state index in [4.69, 9.17) is 4.74 Å². The predicted molar refractivity (Wildman–Crippen MR) is 83.3 cm³/mol. The summed E-state index contributed by atoms with van der Waals surface area (Å²) in [6.45, 7) is 4.24. The smallest absolute Gasteiger partial charge is 0.263 e. The molecule has 23 heavy (non-hydrogen) atoms. The summed E-state index contributed by atoms with van der Waals surface area (Å²) in [4.78, 5) is 33.1. The molecule has 0 unspecified atom stereocenters. The van der Waals surface area contributed by atoms with Gasteiger partial charge in [-0.3, -0.25) is 14.5 Å². The lowest BCUT2D eigenvalue weighted by Gasteiger charge is -2.35. The van der Waals surface area contributed by atoms with Gasteiger partial charge < -0.3 is 15.0 Å². The number of nitrogens with one attached hydrogen (secondary N) is 2. The summed E-state index contributed by atoms with van der Waals surface area (Å²) in [6.07, 6.45) is 5.15. The molecule has 4 rings (SSSR count). The molecule has 7 heteroatoms. The standard InChI is InChI=1S/C16H22N4O3/c1-9-17-5-13(15(21)18-9)16(22)19-11-4-12-8-23-14(10-2-3-10)7-20(12)6-11/h5,10-12,14H,2-4,6-8H2,1H3,(H,19,22)(H,17,18,21)/t11-,12+,14+/m1/s1. The number of H-pyrrole nitrogens is 1. The third-order valence-electron chi connectivity index (χ3n) is 5.10. The van der Waals surface area contributed by atoms with Crippen LogP contribution in [0.25, 0.3) is 0 Å². The van der Waals surface area contributed by atoms with Gasteiger partial charge in [0, 0.05) is 31.4 Å². The minimum Gasteiger partial charge on any atom is -0.375 e. The van der Waals surface area contributed by atoms with Gasteiger partial charge in [0.1, 0.15) is 11.4 Å². The van der Waals surface area contributed by atoms with Crippen LogP contribution in [0.4, 0.5) is 0 Å². The molecule has 1 saturated carbocycles. The Morgan fingerprint density at radius 1 is 1.43 bits per heavy atom. The van der Waals surface area contributed by atoms with Gasteiger partial charge >= 0.3 is 0 Å². The molecule has 3 heterocycles. The van der Waals surface area contributed by atoms with Crippen molar-refractivity contribution in [1.29, 1.82) is 0 Å². The number of nitrogens with zero attached hydrogens (tertiary/aromatic N) is 2. The first-order valence-electron chi connectivity index (χ1n) is 8.32. The monoisotopic (exact) mass is 318 g/mol. The maximum atomic E-state index is 12.3. The molecule has 3 atom stereocenters. The average Bonchev–Trinajstić information content (AvgIpc) is 3.27. The SMILES string of the molecule is Cc1ncc(C(=O)N[C@@H]2C[C@H]3CO[C@H](C4CC4)CN3C2)c(=O)[nH]1. The van der Waals surface area contributed by atoms with Gasteiger partial charge in [0.15, 0.2) is 0 Å². The number of hydrogen-bond donors (Lipinski definition) is 2. The number of aromatic nitrogens is 2. The van der Waals surface area contributed by atoms with Gasteiger partial charge in [-0.05, 0) is 32.1 Å². The van der Waals surface area contributed by atoms with E-state index in [0.717, 1.165) is 32.0 Å². The maximum absolute atomic E-state index is 12.3. The predicted octanol–water partition coefficient (Wildman–Crippen LogP) is 0.0598. The van der Waals surface area contributed by atoms with Crippen LogP contribution in [0.3, 0.4) is 0 Å². The Balaban J connectivity index is 1.38. The van der Waals surface area contributed by atoms with E-state index in [1.54, 1.807) is 6.92 Å². The van der Waals surface area contributed by atoms with Crippen molar-refractivity contribution in [2.75, 3.05) is 19.7 Å². The number of ether oxygens (including phenoxy) is 1. The van der Waals surface area contributed by atoms with Gasteiger partial charge in [-0.15, -0.1) is 0 Å². The number of morpholine rings is 1. The van der Waals surface area contributed by atoms with Crippen LogP contribution in [0, 0.1) is 12.8 Å². The van der Waals surface area contributed by atoms with Crippen LogP contribution in [0.1, 0.15) is 35.4 Å². The van der Waals surface area contributed by atoms with Crippen LogP contribution in [0.2, 0.25) is 0 Å². The highest BCUT2D eigenvalue weighted by Gasteiger charge is 2.42. The number of carbonyl (C=O) groups excluding carboxylic acids is 1. The number of aryl methyl sites for hydroxylation is 1. The van der Waals surface area contributed by atoms with Crippen LogP contribution in [-0.4, -0.2) is 58.7 Å². The van der Waals surface area contributed by atoms with Crippen molar-refractivity contribution in [1.82, 2.24) is 20.2 Å². The van der Waals surface area contributed by atoms with Crippen molar-refractivity contribution in [3.63, 3.8) is 0 Å². The third-order valence-corrected chi connectivity index (χ3v) is 5.10. The van der Waals surface area contributed by atoms with Gasteiger partial charge in [-0.2, -0.15) is 0 Å². The lowest BCUT2D eigenvalue weighted by Crippen LogP contribution is -2.47. The van der Waals surface area contributed by atoms with Crippen LogP contribution in [0.15, 0.2) is 11.0 Å². The number of fused-ring (bicyclic) bond motifs is 1. The second-order valence-corrected chi connectivity index (χ2v) is 6.93. The number of rotatable bonds is 3. The molecule has 0 radical (unpaired) electrons. The Bertz CT molecular complexity index is 670. The summed E-state index contributed by atoms with van der Waals surface area (Å²) < 4.78 is 5.97. The molecule has 2 N–H and O–H groups in total. The molecule has 7 nitrogen and oxygen atoms in total. The molecule has 1 aromatic rings. The molecule has 0 bridgehead atoms. The van der Waals surface area contributed by atoms with Crippen molar-refractivity contribution >= 4 is 5.91 Å². The van der Waals surface area contributed by atoms with Gasteiger partial charge in [0.2, 0.25) is 0 Å². The molecule has 124 valence electrons. The van der Waals surface area contributed by atoms with Crippen molar-refractivity contribution in [3.8, 4) is 0 Å². The van der Waals surface area contributed by atoms with Crippen LogP contribution in [-0.2, 0) is 4.74 Å². The van der Waals surface area contributed by atoms with E-state index in [0.29, 0.717) is 18.0 Å². The summed E-state index contributed by atoms with van der Waals surface area (Å²) in [5, 5.41) is 2.98. The Morgan fingerprint density at radius 2 is 2.26 bits per heavy atom. The number of hydrogen-bond acceptors (Lipinski definition) is 5. The molecular weight excluding hydrogens is 296 g/mol. The third kappa shape index (κ3) is 3.03. The highest BCUT2D eigenvalue weighted by Crippen LogP contribution is 2.37. The molecule has 0 spiro atoms. The van der Waals surface area contributed by atoms with Gasteiger partial charge in [-0.25, -0.2) is 4.98 Å². The molecule has 3 fully saturated rings. The summed E-state index contributed by atoms with van der Waals surface area (Å²) >= 11 is 0. The zero-order valence-electron chi connectivity index (χ0n) is 13.2. The van der Waals surface area contributed by atoms with E-state index in [1.807, 2.05) is 0 Å². The van der Waals surface area contributed by atoms with E-state index in [2.05, 4.69) is 20.2 Å². The molecule has 2 saturated heterocycles. The fraction of sp³-hybridized carbons (Fsp3) is 0.688. The Kier molecular flexibility index (Phi) is 3.69. The zero-order valence-corrected chi connectivity index (χ0v) is 13.2. The Labute approximate surface area is 134 Å². The summed E-state index contributed by atoms with van der Waals surface area (Å²) in [6, 6.07) is 0.444. The highest BCUT2D eigenvalue weighted by molar-refractivity contribution is 5.93. The molecule has 1 amide bonds. The van der Waals surface area contributed by atoms with Crippen molar-refractivity contribution in [2.45, 2.75) is 44.4 Å². The lowest BCUT2D eigenvalue weighted by atomic mass is 10.1. The second kappa shape index (κ2) is 5.72. The van der Waals surface area contributed by atoms with E-state index in [1.165, 1.54) is 19.0 Å². The van der Waals surface area contributed by atoms with Crippen LogP contribution in [0.5, 0.6) is 0 Å². The number of aromatic amines is 1. The van der Waals surface area contributed by atoms with Gasteiger partial charge in [0.25, 0.3) is 11.5 Å². The minimum absolute atomic E-state index is 0.0646. The molecule has 2 aliphatic heterocycles. The fourth-order valence-corrected chi connectivity index (χ4v) is 3.67. The lowest BCUT2D eigenvalue weighted by molar-refractivity contribution is -0.0581. The highest BCUT2D eigenvalue weighted by atomic mass is 16.5. The largest absolute Gasteiger partial charge is 0.375 e. The number of carbonyl (C=O) groups is 1. The topological polar surface area (TPSA) is 87.3 Å². The summed E-state index contributed by atoms with van der Waals surface area (Å²) in [5.74, 6) is 0.901. The van der Waals surface area contributed by atoms with Crippen molar-refractivity contribution < 1.29 is 9.53 Å². The quantitative estimate of drug-likeness (QED) is 0.823. The van der Waals surface area contributed by atoms with E-state index in [-0.39, 0.29) is 23.1 Å². The Hall–Kier alpha value is -1.73. The maximum Gasteiger partial charge on any atom is 0.263 e. The molecule has 1 aliphatic carbocycles. The first-order chi connectivity index (χ1) is 11.1. The first-order valence-corrected chi connectivity index (χ1v) is 8.32. The van der Waals surface area contributed by atoms with E-state index >= 15 is 0 Å². The van der Waals surface area contributed by atoms with E-state index in [9.17, 15) is 9.59 Å². The average molecular weight is 318 g/mol. The fourth-order valence-electron chi connectivity index (χ4n) is 3.67. The Morgan fingerprint density at radius 3 is 3.00 bits per heavy atom. The number of amides is 1. The molecular formula is C16H22N4O3. The van der Waals surface area contributed by atoms with Crippen LogP contribution < -0.4 is 10.9 Å². The van der Waals surface area contributed by atoms with Gasteiger partial charge in [0.05, 0.1) is 12.7 Å². The first kappa shape index (κ1) is 14.8. The zero-order chi connectivity index (χ0) is 16.0. The van der Waals surface area contributed by atoms with Crippen LogP contribution >= 0.6 is 0 Å². The molecule has 1 aromatic heterocycles. The normalized spacial score (nSPS) is 30.9.